The molecule has 17 heavy (non-hydrogen) atoms. The van der Waals surface area contributed by atoms with Crippen LogP contribution in [0.15, 0.2) is 28.7 Å². The van der Waals surface area contributed by atoms with Crippen LogP contribution in [0.2, 0.25) is 0 Å². The minimum Gasteiger partial charge on any atom is -0.481 e. The molecule has 1 fully saturated rings. The Balaban J connectivity index is 2.32. The Morgan fingerprint density at radius 1 is 1.18 bits per heavy atom. The number of hydrogen-bond acceptors (Lipinski definition) is 1. The Morgan fingerprint density at radius 2 is 1.88 bits per heavy atom. The van der Waals surface area contributed by atoms with Gasteiger partial charge in [-0.05, 0) is 30.4 Å². The molecule has 0 saturated heterocycles. The summed E-state index contributed by atoms with van der Waals surface area (Å²) >= 11 is 3.54. The number of halogens is 1. The second-order valence-corrected chi connectivity index (χ2v) is 5.57. The summed E-state index contributed by atoms with van der Waals surface area (Å²) in [5, 5.41) is 9.37. The molecule has 1 aliphatic carbocycles. The van der Waals surface area contributed by atoms with E-state index in [1.807, 2.05) is 18.2 Å². The van der Waals surface area contributed by atoms with Gasteiger partial charge in [-0.3, -0.25) is 4.79 Å². The van der Waals surface area contributed by atoms with Gasteiger partial charge in [-0.2, -0.15) is 0 Å². The fourth-order valence-electron chi connectivity index (χ4n) is 2.75. The number of carboxylic acids is 1. The predicted molar refractivity (Wildman–Crippen MR) is 71.1 cm³/mol. The Morgan fingerprint density at radius 3 is 2.59 bits per heavy atom. The normalized spacial score (nSPS) is 25.2. The number of hydrogen-bond donors (Lipinski definition) is 1. The van der Waals surface area contributed by atoms with E-state index in [0.717, 1.165) is 42.1 Å². The highest BCUT2D eigenvalue weighted by molar-refractivity contribution is 9.10. The third kappa shape index (κ3) is 2.89. The van der Waals surface area contributed by atoms with E-state index in [1.54, 1.807) is 0 Å². The average Bonchev–Trinajstić information content (AvgIpc) is 2.55. The molecular weight excluding hydrogens is 280 g/mol. The molecule has 1 aliphatic rings. The van der Waals surface area contributed by atoms with Crippen LogP contribution in [0.3, 0.4) is 0 Å². The Kier molecular flexibility index (Phi) is 4.21. The fraction of sp³-hybridized carbons (Fsp3) is 0.500. The molecule has 1 saturated carbocycles. The Labute approximate surface area is 110 Å². The topological polar surface area (TPSA) is 37.3 Å². The van der Waals surface area contributed by atoms with E-state index in [0.29, 0.717) is 0 Å². The van der Waals surface area contributed by atoms with Gasteiger partial charge in [0.25, 0.3) is 0 Å². The zero-order chi connectivity index (χ0) is 12.3. The smallest absolute Gasteiger partial charge is 0.307 e. The maximum atomic E-state index is 11.4. The van der Waals surface area contributed by atoms with Gasteiger partial charge in [-0.25, -0.2) is 0 Å². The molecular formula is C14H17BrO2. The number of carboxylic acid groups (broad SMARTS) is 1. The SMILES string of the molecule is O=C(O)C1CCCCCC1c1ccccc1Br. The lowest BCUT2D eigenvalue weighted by atomic mass is 9.82. The van der Waals surface area contributed by atoms with Crippen LogP contribution in [0.25, 0.3) is 0 Å². The molecule has 1 N–H and O–H groups in total. The zero-order valence-electron chi connectivity index (χ0n) is 9.73. The lowest BCUT2D eigenvalue weighted by Crippen LogP contribution is -2.21. The first-order valence-electron chi connectivity index (χ1n) is 6.17. The molecule has 0 amide bonds. The van der Waals surface area contributed by atoms with Gasteiger partial charge in [0.05, 0.1) is 5.92 Å². The third-order valence-electron chi connectivity index (χ3n) is 3.64. The molecule has 2 unspecified atom stereocenters. The van der Waals surface area contributed by atoms with E-state index in [1.165, 1.54) is 0 Å². The number of rotatable bonds is 2. The summed E-state index contributed by atoms with van der Waals surface area (Å²) in [4.78, 5) is 11.4. The molecule has 92 valence electrons. The summed E-state index contributed by atoms with van der Waals surface area (Å²) < 4.78 is 1.04. The van der Waals surface area contributed by atoms with Gasteiger partial charge in [0.1, 0.15) is 0 Å². The van der Waals surface area contributed by atoms with Crippen LogP contribution in [0.1, 0.15) is 43.6 Å². The highest BCUT2D eigenvalue weighted by atomic mass is 79.9. The van der Waals surface area contributed by atoms with E-state index < -0.39 is 5.97 Å². The van der Waals surface area contributed by atoms with Crippen molar-refractivity contribution in [1.29, 1.82) is 0 Å². The molecule has 1 aromatic carbocycles. The van der Waals surface area contributed by atoms with Crippen molar-refractivity contribution in [3.05, 3.63) is 34.3 Å². The van der Waals surface area contributed by atoms with Gasteiger partial charge in [0, 0.05) is 4.47 Å². The maximum absolute atomic E-state index is 11.4. The minimum absolute atomic E-state index is 0.158. The molecule has 3 heteroatoms. The highest BCUT2D eigenvalue weighted by Crippen LogP contribution is 2.39. The van der Waals surface area contributed by atoms with Crippen molar-refractivity contribution < 1.29 is 9.90 Å². The predicted octanol–water partition coefficient (Wildman–Crippen LogP) is 4.20. The molecule has 2 nitrogen and oxygen atoms in total. The number of benzene rings is 1. The van der Waals surface area contributed by atoms with Crippen molar-refractivity contribution >= 4 is 21.9 Å². The van der Waals surface area contributed by atoms with Crippen LogP contribution < -0.4 is 0 Å². The summed E-state index contributed by atoms with van der Waals surface area (Å²) in [5.41, 5.74) is 1.15. The van der Waals surface area contributed by atoms with Gasteiger partial charge in [0.2, 0.25) is 0 Å². The van der Waals surface area contributed by atoms with Crippen LogP contribution >= 0.6 is 15.9 Å². The lowest BCUT2D eigenvalue weighted by molar-refractivity contribution is -0.142. The van der Waals surface area contributed by atoms with Gasteiger partial charge in [0.15, 0.2) is 0 Å². The molecule has 0 bridgehead atoms. The number of carbonyl (C=O) groups is 1. The molecule has 0 radical (unpaired) electrons. The molecule has 0 heterocycles. The van der Waals surface area contributed by atoms with Crippen molar-refractivity contribution in [2.45, 2.75) is 38.0 Å². The molecule has 0 aromatic heterocycles. The Hall–Kier alpha value is -0.830. The van der Waals surface area contributed by atoms with E-state index in [-0.39, 0.29) is 11.8 Å². The second-order valence-electron chi connectivity index (χ2n) is 4.71. The van der Waals surface area contributed by atoms with E-state index in [2.05, 4.69) is 22.0 Å². The zero-order valence-corrected chi connectivity index (χ0v) is 11.3. The van der Waals surface area contributed by atoms with Crippen molar-refractivity contribution in [1.82, 2.24) is 0 Å². The van der Waals surface area contributed by atoms with Gasteiger partial charge in [-0.1, -0.05) is 53.4 Å². The van der Waals surface area contributed by atoms with Crippen LogP contribution in [0, 0.1) is 5.92 Å². The van der Waals surface area contributed by atoms with E-state index in [9.17, 15) is 9.90 Å². The first-order valence-corrected chi connectivity index (χ1v) is 6.96. The lowest BCUT2D eigenvalue weighted by Gasteiger charge is -2.23. The molecule has 0 aliphatic heterocycles. The van der Waals surface area contributed by atoms with E-state index in [4.69, 9.17) is 0 Å². The first-order chi connectivity index (χ1) is 8.20. The monoisotopic (exact) mass is 296 g/mol. The minimum atomic E-state index is -0.646. The quantitative estimate of drug-likeness (QED) is 0.831. The molecule has 1 aromatic rings. The molecule has 2 rings (SSSR count). The van der Waals surface area contributed by atoms with Crippen molar-refractivity contribution in [3.63, 3.8) is 0 Å². The van der Waals surface area contributed by atoms with Crippen molar-refractivity contribution in [2.24, 2.45) is 5.92 Å². The second kappa shape index (κ2) is 5.67. The summed E-state index contributed by atoms with van der Waals surface area (Å²) in [5.74, 6) is -0.713. The van der Waals surface area contributed by atoms with Crippen LogP contribution in [-0.4, -0.2) is 11.1 Å². The van der Waals surface area contributed by atoms with Crippen LogP contribution in [0.4, 0.5) is 0 Å². The summed E-state index contributed by atoms with van der Waals surface area (Å²) in [6, 6.07) is 8.01. The first kappa shape index (κ1) is 12.6. The van der Waals surface area contributed by atoms with Crippen molar-refractivity contribution in [3.8, 4) is 0 Å². The molecule has 0 spiro atoms. The standard InChI is InChI=1S/C14H17BrO2/c15-13-9-5-4-7-11(13)10-6-2-1-3-8-12(10)14(16)17/h4-5,7,9-10,12H,1-3,6,8H2,(H,16,17). The largest absolute Gasteiger partial charge is 0.481 e. The van der Waals surface area contributed by atoms with Gasteiger partial charge in [-0.15, -0.1) is 0 Å². The molecule has 2 atom stereocenters. The average molecular weight is 297 g/mol. The highest BCUT2D eigenvalue weighted by Gasteiger charge is 2.31. The van der Waals surface area contributed by atoms with Crippen LogP contribution in [-0.2, 0) is 4.79 Å². The third-order valence-corrected chi connectivity index (χ3v) is 4.36. The van der Waals surface area contributed by atoms with E-state index >= 15 is 0 Å². The summed E-state index contributed by atoms with van der Waals surface area (Å²) in [6.45, 7) is 0. The number of aliphatic carboxylic acids is 1. The fourth-order valence-corrected chi connectivity index (χ4v) is 3.33. The summed E-state index contributed by atoms with van der Waals surface area (Å²) in [6.07, 6.45) is 5.12. The van der Waals surface area contributed by atoms with Gasteiger partial charge < -0.3 is 5.11 Å². The Bertz CT molecular complexity index is 403. The van der Waals surface area contributed by atoms with Crippen molar-refractivity contribution in [2.75, 3.05) is 0 Å². The summed E-state index contributed by atoms with van der Waals surface area (Å²) in [7, 11) is 0. The van der Waals surface area contributed by atoms with Crippen LogP contribution in [0.5, 0.6) is 0 Å². The van der Waals surface area contributed by atoms with Gasteiger partial charge >= 0.3 is 5.97 Å². The maximum Gasteiger partial charge on any atom is 0.307 e.